The molecule has 0 unspecified atom stereocenters. The molecule has 0 aliphatic carbocycles. The van der Waals surface area contributed by atoms with E-state index in [4.69, 9.17) is 0 Å². The molecule has 0 aromatic carbocycles. The molecule has 14 heavy (non-hydrogen) atoms. The van der Waals surface area contributed by atoms with Crippen LogP contribution >= 0.6 is 15.9 Å². The zero-order chi connectivity index (χ0) is 10.4. The van der Waals surface area contributed by atoms with Crippen molar-refractivity contribution in [1.29, 1.82) is 0 Å². The summed E-state index contributed by atoms with van der Waals surface area (Å²) in [7, 11) is 1.94. The van der Waals surface area contributed by atoms with Crippen molar-refractivity contribution in [2.24, 2.45) is 0 Å². The zero-order valence-corrected chi connectivity index (χ0v) is 9.88. The Kier molecular flexibility index (Phi) is 4.90. The average molecular weight is 259 g/mol. The van der Waals surface area contributed by atoms with E-state index in [0.717, 1.165) is 30.4 Å². The van der Waals surface area contributed by atoms with Gasteiger partial charge in [-0.2, -0.15) is 0 Å². The van der Waals surface area contributed by atoms with Crippen molar-refractivity contribution in [3.63, 3.8) is 0 Å². The topological polar surface area (TPSA) is 34.0 Å². The number of nitrogens with one attached hydrogen (secondary N) is 1. The van der Waals surface area contributed by atoms with Gasteiger partial charge in [-0.05, 0) is 48.4 Å². The minimum Gasteiger partial charge on any atom is -0.320 e. The summed E-state index contributed by atoms with van der Waals surface area (Å²) < 4.78 is 2.69. The fourth-order valence-corrected chi connectivity index (χ4v) is 1.64. The maximum absolute atomic E-state index is 11.4. The minimum atomic E-state index is 0.0673. The minimum absolute atomic E-state index is 0.0673. The molecule has 3 nitrogen and oxygen atoms in total. The Hall–Kier alpha value is -0.610. The van der Waals surface area contributed by atoms with Gasteiger partial charge in [0.1, 0.15) is 0 Å². The smallest absolute Gasteiger partial charge is 0.250 e. The first-order chi connectivity index (χ1) is 6.74. The zero-order valence-electron chi connectivity index (χ0n) is 8.29. The Balaban J connectivity index is 2.49. The summed E-state index contributed by atoms with van der Waals surface area (Å²) in [6, 6.07) is 3.36. The van der Waals surface area contributed by atoms with E-state index in [9.17, 15) is 4.79 Å². The number of pyridine rings is 1. The molecule has 1 heterocycles. The van der Waals surface area contributed by atoms with Crippen molar-refractivity contribution >= 4 is 15.9 Å². The summed E-state index contributed by atoms with van der Waals surface area (Å²) in [5, 5.41) is 3.08. The van der Waals surface area contributed by atoms with Crippen LogP contribution in [0.15, 0.2) is 27.6 Å². The normalized spacial score (nSPS) is 10.4. The third-order valence-electron chi connectivity index (χ3n) is 2.02. The van der Waals surface area contributed by atoms with Crippen LogP contribution in [0.4, 0.5) is 0 Å². The summed E-state index contributed by atoms with van der Waals surface area (Å²) in [4.78, 5) is 11.4. The van der Waals surface area contributed by atoms with Crippen LogP contribution in [0.5, 0.6) is 0 Å². The number of unbranched alkanes of at least 4 members (excludes halogenated alkanes) is 1. The van der Waals surface area contributed by atoms with E-state index in [1.165, 1.54) is 0 Å². The lowest BCUT2D eigenvalue weighted by molar-refractivity contribution is 0.577. The molecule has 0 spiro atoms. The summed E-state index contributed by atoms with van der Waals surface area (Å²) in [6.45, 7) is 1.79. The first-order valence-corrected chi connectivity index (χ1v) is 5.54. The van der Waals surface area contributed by atoms with Gasteiger partial charge in [-0.3, -0.25) is 4.79 Å². The van der Waals surface area contributed by atoms with Gasteiger partial charge in [0.25, 0.3) is 5.56 Å². The van der Waals surface area contributed by atoms with Gasteiger partial charge in [0, 0.05) is 23.3 Å². The standard InChI is InChI=1S/C10H15BrN2O/c1-12-6-2-3-7-13-8-9(11)4-5-10(13)14/h4-5,8,12H,2-3,6-7H2,1H3. The molecular formula is C10H15BrN2O. The van der Waals surface area contributed by atoms with Crippen molar-refractivity contribution in [3.05, 3.63) is 33.2 Å². The van der Waals surface area contributed by atoms with E-state index in [-0.39, 0.29) is 5.56 Å². The lowest BCUT2D eigenvalue weighted by Gasteiger charge is -2.05. The molecule has 0 aliphatic heterocycles. The van der Waals surface area contributed by atoms with Crippen LogP contribution in [-0.2, 0) is 6.54 Å². The Morgan fingerprint density at radius 1 is 1.43 bits per heavy atom. The van der Waals surface area contributed by atoms with Gasteiger partial charge < -0.3 is 9.88 Å². The van der Waals surface area contributed by atoms with Crippen molar-refractivity contribution in [1.82, 2.24) is 9.88 Å². The van der Waals surface area contributed by atoms with Gasteiger partial charge in [-0.1, -0.05) is 0 Å². The van der Waals surface area contributed by atoms with Gasteiger partial charge in [0.15, 0.2) is 0 Å². The molecule has 1 N–H and O–H groups in total. The van der Waals surface area contributed by atoms with Crippen molar-refractivity contribution in [2.45, 2.75) is 19.4 Å². The molecule has 0 saturated heterocycles. The molecule has 1 rings (SSSR count). The second-order valence-electron chi connectivity index (χ2n) is 3.19. The lowest BCUT2D eigenvalue weighted by atomic mass is 10.3. The number of hydrogen-bond acceptors (Lipinski definition) is 2. The quantitative estimate of drug-likeness (QED) is 0.815. The summed E-state index contributed by atoms with van der Waals surface area (Å²) in [5.41, 5.74) is 0.0673. The molecule has 0 atom stereocenters. The molecule has 1 aromatic rings. The highest BCUT2D eigenvalue weighted by Crippen LogP contribution is 2.05. The third-order valence-corrected chi connectivity index (χ3v) is 2.49. The molecule has 0 radical (unpaired) electrons. The van der Waals surface area contributed by atoms with E-state index in [1.54, 1.807) is 16.7 Å². The molecule has 0 fully saturated rings. The summed E-state index contributed by atoms with van der Waals surface area (Å²) in [5.74, 6) is 0. The third kappa shape index (κ3) is 3.64. The highest BCUT2D eigenvalue weighted by molar-refractivity contribution is 9.10. The predicted octanol–water partition coefficient (Wildman–Crippen LogP) is 1.61. The predicted molar refractivity (Wildman–Crippen MR) is 61.6 cm³/mol. The second-order valence-corrected chi connectivity index (χ2v) is 4.11. The van der Waals surface area contributed by atoms with Gasteiger partial charge >= 0.3 is 0 Å². The van der Waals surface area contributed by atoms with Crippen LogP contribution in [0.25, 0.3) is 0 Å². The van der Waals surface area contributed by atoms with Crippen molar-refractivity contribution in [2.75, 3.05) is 13.6 Å². The van der Waals surface area contributed by atoms with Gasteiger partial charge in [0.05, 0.1) is 0 Å². The van der Waals surface area contributed by atoms with Crippen LogP contribution in [0, 0.1) is 0 Å². The Labute approximate surface area is 92.3 Å². The average Bonchev–Trinajstić information content (AvgIpc) is 2.18. The van der Waals surface area contributed by atoms with Crippen molar-refractivity contribution < 1.29 is 0 Å². The second kappa shape index (κ2) is 5.98. The van der Waals surface area contributed by atoms with Crippen LogP contribution < -0.4 is 10.9 Å². The number of halogens is 1. The Morgan fingerprint density at radius 3 is 2.93 bits per heavy atom. The first kappa shape index (κ1) is 11.5. The summed E-state index contributed by atoms with van der Waals surface area (Å²) >= 11 is 3.35. The molecular weight excluding hydrogens is 244 g/mol. The maximum atomic E-state index is 11.4. The summed E-state index contributed by atoms with van der Waals surface area (Å²) in [6.07, 6.45) is 3.95. The number of hydrogen-bond donors (Lipinski definition) is 1. The maximum Gasteiger partial charge on any atom is 0.250 e. The Bertz CT molecular complexity index is 335. The SMILES string of the molecule is CNCCCCn1cc(Br)ccc1=O. The van der Waals surface area contributed by atoms with Gasteiger partial charge in [-0.15, -0.1) is 0 Å². The van der Waals surface area contributed by atoms with E-state index < -0.39 is 0 Å². The molecule has 0 amide bonds. The number of nitrogens with zero attached hydrogens (tertiary/aromatic N) is 1. The van der Waals surface area contributed by atoms with E-state index >= 15 is 0 Å². The van der Waals surface area contributed by atoms with E-state index in [2.05, 4.69) is 21.2 Å². The van der Waals surface area contributed by atoms with Crippen LogP contribution in [0.3, 0.4) is 0 Å². The van der Waals surface area contributed by atoms with Crippen molar-refractivity contribution in [3.8, 4) is 0 Å². The van der Waals surface area contributed by atoms with Crippen LogP contribution in [0.2, 0.25) is 0 Å². The molecule has 4 heteroatoms. The van der Waals surface area contributed by atoms with Gasteiger partial charge in [-0.25, -0.2) is 0 Å². The number of rotatable bonds is 5. The largest absolute Gasteiger partial charge is 0.320 e. The first-order valence-electron chi connectivity index (χ1n) is 4.74. The number of aromatic nitrogens is 1. The van der Waals surface area contributed by atoms with E-state index in [1.807, 2.05) is 13.2 Å². The molecule has 78 valence electrons. The molecule has 1 aromatic heterocycles. The van der Waals surface area contributed by atoms with Gasteiger partial charge in [0.2, 0.25) is 0 Å². The molecule has 0 aliphatic rings. The highest BCUT2D eigenvalue weighted by Gasteiger charge is 1.96. The fraction of sp³-hybridized carbons (Fsp3) is 0.500. The number of aryl methyl sites for hydroxylation is 1. The Morgan fingerprint density at radius 2 is 2.21 bits per heavy atom. The van der Waals surface area contributed by atoms with Crippen LogP contribution in [-0.4, -0.2) is 18.2 Å². The molecule has 0 bridgehead atoms. The fourth-order valence-electron chi connectivity index (χ4n) is 1.26. The molecule has 0 saturated carbocycles. The lowest BCUT2D eigenvalue weighted by Crippen LogP contribution is -2.19. The van der Waals surface area contributed by atoms with Crippen LogP contribution in [0.1, 0.15) is 12.8 Å². The van der Waals surface area contributed by atoms with E-state index in [0.29, 0.717) is 0 Å². The monoisotopic (exact) mass is 258 g/mol. The highest BCUT2D eigenvalue weighted by atomic mass is 79.9.